The molecule has 1 saturated heterocycles. The zero-order chi connectivity index (χ0) is 14.4. The summed E-state index contributed by atoms with van der Waals surface area (Å²) in [5.74, 6) is -0.234. The third-order valence-corrected chi connectivity index (χ3v) is 5.30. The summed E-state index contributed by atoms with van der Waals surface area (Å²) in [7, 11) is 1.61. The summed E-state index contributed by atoms with van der Waals surface area (Å²) in [4.78, 5) is 13.5. The van der Waals surface area contributed by atoms with Gasteiger partial charge in [-0.05, 0) is 37.1 Å². The van der Waals surface area contributed by atoms with Crippen molar-refractivity contribution < 1.29 is 13.2 Å². The molecule has 1 amide bonds. The van der Waals surface area contributed by atoms with Crippen molar-refractivity contribution in [3.8, 4) is 0 Å². The number of hydrogen-bond acceptors (Lipinski definition) is 3. The number of carbonyl (C=O) groups excluding carboxylic acids is 1. The Kier molecular flexibility index (Phi) is 3.82. The summed E-state index contributed by atoms with van der Waals surface area (Å²) in [6.07, 6.45) is -0.0761. The highest BCUT2D eigenvalue weighted by molar-refractivity contribution is 8.14. The number of rotatable bonds is 2. The van der Waals surface area contributed by atoms with Gasteiger partial charge in [-0.15, -0.1) is 0 Å². The fourth-order valence-electron chi connectivity index (χ4n) is 2.41. The van der Waals surface area contributed by atoms with Crippen LogP contribution in [0.5, 0.6) is 0 Å². The Morgan fingerprint density at radius 1 is 1.26 bits per heavy atom. The SMILES string of the molecule is Cc1cc(Cl)cc(C)c1N1CC(S(=O)(=O)Cl)CC1=O. The fourth-order valence-corrected chi connectivity index (χ4v) is 3.76. The third kappa shape index (κ3) is 2.88. The Bertz CT molecular complexity index is 619. The Morgan fingerprint density at radius 2 is 1.79 bits per heavy atom. The Morgan fingerprint density at radius 3 is 2.21 bits per heavy atom. The fraction of sp³-hybridized carbons (Fsp3) is 0.417. The number of nitrogens with zero attached hydrogens (tertiary/aromatic N) is 1. The van der Waals surface area contributed by atoms with Crippen LogP contribution in [0.3, 0.4) is 0 Å². The Hall–Kier alpha value is -0.780. The molecule has 104 valence electrons. The molecule has 1 atom stereocenters. The van der Waals surface area contributed by atoms with E-state index < -0.39 is 14.3 Å². The van der Waals surface area contributed by atoms with Gasteiger partial charge in [-0.1, -0.05) is 11.6 Å². The van der Waals surface area contributed by atoms with Crippen LogP contribution >= 0.6 is 22.3 Å². The first-order valence-corrected chi connectivity index (χ1v) is 8.46. The van der Waals surface area contributed by atoms with E-state index >= 15 is 0 Å². The van der Waals surface area contributed by atoms with Gasteiger partial charge < -0.3 is 4.90 Å². The van der Waals surface area contributed by atoms with Gasteiger partial charge in [0.05, 0.1) is 0 Å². The summed E-state index contributed by atoms with van der Waals surface area (Å²) < 4.78 is 22.7. The third-order valence-electron chi connectivity index (χ3n) is 3.21. The molecule has 4 nitrogen and oxygen atoms in total. The molecule has 1 fully saturated rings. The molecule has 1 heterocycles. The lowest BCUT2D eigenvalue weighted by molar-refractivity contribution is -0.117. The predicted molar refractivity (Wildman–Crippen MR) is 76.5 cm³/mol. The van der Waals surface area contributed by atoms with Crippen LogP contribution < -0.4 is 4.90 Å². The van der Waals surface area contributed by atoms with Crippen molar-refractivity contribution in [3.63, 3.8) is 0 Å². The first-order chi connectivity index (χ1) is 8.70. The lowest BCUT2D eigenvalue weighted by Gasteiger charge is -2.21. The highest BCUT2D eigenvalue weighted by Crippen LogP contribution is 2.33. The minimum Gasteiger partial charge on any atom is -0.310 e. The van der Waals surface area contributed by atoms with E-state index in [9.17, 15) is 13.2 Å². The zero-order valence-electron chi connectivity index (χ0n) is 10.5. The highest BCUT2D eigenvalue weighted by atomic mass is 35.7. The standard InChI is InChI=1S/C12H13Cl2NO3S/c1-7-3-9(13)4-8(2)12(7)15-6-10(5-11(15)16)19(14,17)18/h3-4,10H,5-6H2,1-2H3. The lowest BCUT2D eigenvalue weighted by Crippen LogP contribution is -2.28. The molecular formula is C12H13Cl2NO3S. The van der Waals surface area contributed by atoms with Crippen molar-refractivity contribution in [2.24, 2.45) is 0 Å². The first-order valence-electron chi connectivity index (χ1n) is 5.70. The van der Waals surface area contributed by atoms with Crippen LogP contribution in [-0.4, -0.2) is 26.1 Å². The number of aryl methyl sites for hydroxylation is 2. The van der Waals surface area contributed by atoms with Gasteiger partial charge in [0, 0.05) is 34.4 Å². The van der Waals surface area contributed by atoms with E-state index in [1.165, 1.54) is 4.90 Å². The minimum absolute atomic E-state index is 0.0761. The second-order valence-electron chi connectivity index (χ2n) is 4.69. The average Bonchev–Trinajstić information content (AvgIpc) is 2.59. The molecule has 1 aliphatic heterocycles. The van der Waals surface area contributed by atoms with Crippen molar-refractivity contribution in [2.75, 3.05) is 11.4 Å². The molecule has 1 aliphatic rings. The van der Waals surface area contributed by atoms with Crippen molar-refractivity contribution in [3.05, 3.63) is 28.3 Å². The van der Waals surface area contributed by atoms with Gasteiger partial charge in [0.25, 0.3) is 0 Å². The number of amides is 1. The molecule has 19 heavy (non-hydrogen) atoms. The summed E-state index contributed by atoms with van der Waals surface area (Å²) in [6.45, 7) is 3.77. The number of hydrogen-bond donors (Lipinski definition) is 0. The van der Waals surface area contributed by atoms with Crippen LogP contribution in [0.25, 0.3) is 0 Å². The molecule has 2 rings (SSSR count). The van der Waals surface area contributed by atoms with Crippen LogP contribution in [0.15, 0.2) is 12.1 Å². The normalized spacial score (nSPS) is 20.1. The molecule has 0 aliphatic carbocycles. The molecule has 0 saturated carbocycles. The number of halogens is 2. The molecule has 0 radical (unpaired) electrons. The summed E-state index contributed by atoms with van der Waals surface area (Å²) >= 11 is 5.95. The van der Waals surface area contributed by atoms with Crippen molar-refractivity contribution >= 4 is 42.9 Å². The average molecular weight is 322 g/mol. The van der Waals surface area contributed by atoms with Crippen molar-refractivity contribution in [2.45, 2.75) is 25.5 Å². The number of anilines is 1. The summed E-state index contributed by atoms with van der Waals surface area (Å²) in [6, 6.07) is 3.50. The largest absolute Gasteiger partial charge is 0.310 e. The van der Waals surface area contributed by atoms with E-state index in [1.807, 2.05) is 13.8 Å². The minimum atomic E-state index is -3.73. The lowest BCUT2D eigenvalue weighted by atomic mass is 10.1. The van der Waals surface area contributed by atoms with E-state index in [2.05, 4.69) is 0 Å². The van der Waals surface area contributed by atoms with E-state index in [0.717, 1.165) is 16.8 Å². The van der Waals surface area contributed by atoms with Crippen LogP contribution in [-0.2, 0) is 13.8 Å². The molecule has 0 spiro atoms. The molecule has 7 heteroatoms. The molecule has 1 unspecified atom stereocenters. The molecule has 1 aromatic carbocycles. The van der Waals surface area contributed by atoms with E-state index in [1.54, 1.807) is 12.1 Å². The number of benzene rings is 1. The van der Waals surface area contributed by atoms with Gasteiger partial charge >= 0.3 is 0 Å². The quantitative estimate of drug-likeness (QED) is 0.787. The smallest absolute Gasteiger partial charge is 0.237 e. The van der Waals surface area contributed by atoms with Crippen LogP contribution in [0.4, 0.5) is 5.69 Å². The van der Waals surface area contributed by atoms with Gasteiger partial charge in [0.2, 0.25) is 15.0 Å². The van der Waals surface area contributed by atoms with Crippen LogP contribution in [0.1, 0.15) is 17.5 Å². The maximum absolute atomic E-state index is 12.0. The van der Waals surface area contributed by atoms with Crippen LogP contribution in [0, 0.1) is 13.8 Å². The first kappa shape index (κ1) is 14.6. The Balaban J connectivity index is 2.42. The second-order valence-corrected chi connectivity index (χ2v) is 8.04. The monoisotopic (exact) mass is 321 g/mol. The second kappa shape index (κ2) is 4.96. The maximum Gasteiger partial charge on any atom is 0.237 e. The van der Waals surface area contributed by atoms with E-state index in [0.29, 0.717) is 5.02 Å². The molecule has 0 bridgehead atoms. The van der Waals surface area contributed by atoms with Crippen molar-refractivity contribution in [1.82, 2.24) is 0 Å². The van der Waals surface area contributed by atoms with E-state index in [4.69, 9.17) is 22.3 Å². The van der Waals surface area contributed by atoms with Crippen molar-refractivity contribution in [1.29, 1.82) is 0 Å². The van der Waals surface area contributed by atoms with Gasteiger partial charge in [0.15, 0.2) is 0 Å². The Labute approximate surface area is 121 Å². The van der Waals surface area contributed by atoms with Crippen LogP contribution in [0.2, 0.25) is 5.02 Å². The maximum atomic E-state index is 12.0. The summed E-state index contributed by atoms with van der Waals surface area (Å²) in [5, 5.41) is -0.261. The summed E-state index contributed by atoms with van der Waals surface area (Å²) in [5.41, 5.74) is 2.40. The topological polar surface area (TPSA) is 54.5 Å². The molecular weight excluding hydrogens is 309 g/mol. The van der Waals surface area contributed by atoms with Gasteiger partial charge in [0.1, 0.15) is 5.25 Å². The van der Waals surface area contributed by atoms with Gasteiger partial charge in [-0.3, -0.25) is 4.79 Å². The zero-order valence-corrected chi connectivity index (χ0v) is 12.8. The van der Waals surface area contributed by atoms with Gasteiger partial charge in [-0.2, -0.15) is 0 Å². The van der Waals surface area contributed by atoms with Gasteiger partial charge in [-0.25, -0.2) is 8.42 Å². The molecule has 0 N–H and O–H groups in total. The molecule has 0 aromatic heterocycles. The number of carbonyl (C=O) groups is 1. The van der Waals surface area contributed by atoms with E-state index in [-0.39, 0.29) is 18.9 Å². The highest BCUT2D eigenvalue weighted by Gasteiger charge is 2.38. The molecule has 1 aromatic rings. The predicted octanol–water partition coefficient (Wildman–Crippen LogP) is 2.63.